The number of hydrogen-bond acceptors (Lipinski definition) is 2. The molecule has 0 aromatic carbocycles. The second-order valence-electron chi connectivity index (χ2n) is 3.50. The smallest absolute Gasteiger partial charge is 0.0576 e. The summed E-state index contributed by atoms with van der Waals surface area (Å²) in [5.41, 5.74) is 11.2. The van der Waals surface area contributed by atoms with E-state index in [-0.39, 0.29) is 11.6 Å². The third-order valence-corrected chi connectivity index (χ3v) is 2.35. The van der Waals surface area contributed by atoms with Crippen LogP contribution in [-0.2, 0) is 0 Å². The molecule has 0 aliphatic carbocycles. The minimum atomic E-state index is -0.211. The predicted octanol–water partition coefficient (Wildman–Crippen LogP) is 0.912. The van der Waals surface area contributed by atoms with E-state index in [1.807, 2.05) is 0 Å². The van der Waals surface area contributed by atoms with Crippen LogP contribution in [0, 0.1) is 11.3 Å². The topological polar surface area (TPSA) is 52.0 Å². The van der Waals surface area contributed by atoms with Crippen LogP contribution in [0.4, 0.5) is 0 Å². The molecule has 0 unspecified atom stereocenters. The molecular weight excluding hydrogens is 112 g/mol. The zero-order chi connectivity index (χ0) is 7.65. The number of nitrogens with two attached hydrogens (primary N) is 2. The second kappa shape index (κ2) is 2.67. The molecule has 0 aromatic heterocycles. The van der Waals surface area contributed by atoms with Crippen molar-refractivity contribution in [2.45, 2.75) is 33.9 Å². The van der Waals surface area contributed by atoms with Crippen LogP contribution in [-0.4, -0.2) is 6.17 Å². The van der Waals surface area contributed by atoms with Crippen molar-refractivity contribution in [2.75, 3.05) is 0 Å². The Balaban J connectivity index is 4.01. The van der Waals surface area contributed by atoms with Crippen molar-refractivity contribution in [3.63, 3.8) is 0 Å². The van der Waals surface area contributed by atoms with E-state index in [1.54, 1.807) is 0 Å². The highest BCUT2D eigenvalue weighted by Crippen LogP contribution is 2.26. The van der Waals surface area contributed by atoms with E-state index in [9.17, 15) is 0 Å². The van der Waals surface area contributed by atoms with E-state index in [0.29, 0.717) is 5.92 Å². The summed E-state index contributed by atoms with van der Waals surface area (Å²) >= 11 is 0. The van der Waals surface area contributed by atoms with Gasteiger partial charge in [-0.05, 0) is 11.3 Å². The predicted molar refractivity (Wildman–Crippen MR) is 40.8 cm³/mol. The molecule has 0 aromatic rings. The molecule has 0 amide bonds. The average molecular weight is 130 g/mol. The van der Waals surface area contributed by atoms with E-state index in [4.69, 9.17) is 11.5 Å². The largest absolute Gasteiger partial charge is 0.316 e. The SMILES string of the molecule is CC(C)C(C)(C)C(N)N. The van der Waals surface area contributed by atoms with Crippen LogP contribution < -0.4 is 11.5 Å². The first-order chi connectivity index (χ1) is 3.89. The molecule has 0 spiro atoms. The highest BCUT2D eigenvalue weighted by molar-refractivity contribution is 4.79. The van der Waals surface area contributed by atoms with E-state index in [2.05, 4.69) is 27.7 Å². The highest BCUT2D eigenvalue weighted by Gasteiger charge is 2.26. The van der Waals surface area contributed by atoms with Crippen molar-refractivity contribution in [2.24, 2.45) is 22.8 Å². The average Bonchev–Trinajstić information content (AvgIpc) is 1.65. The molecule has 0 atom stereocenters. The summed E-state index contributed by atoms with van der Waals surface area (Å²) < 4.78 is 0. The minimum Gasteiger partial charge on any atom is -0.316 e. The van der Waals surface area contributed by atoms with Crippen LogP contribution in [0.25, 0.3) is 0 Å². The molecule has 2 nitrogen and oxygen atoms in total. The zero-order valence-corrected chi connectivity index (χ0v) is 6.81. The Labute approximate surface area is 57.6 Å². The quantitative estimate of drug-likeness (QED) is 0.546. The lowest BCUT2D eigenvalue weighted by atomic mass is 9.79. The lowest BCUT2D eigenvalue weighted by Gasteiger charge is -2.32. The van der Waals surface area contributed by atoms with E-state index in [1.165, 1.54) is 0 Å². The van der Waals surface area contributed by atoms with Crippen LogP contribution in [0.3, 0.4) is 0 Å². The van der Waals surface area contributed by atoms with Crippen LogP contribution in [0.2, 0.25) is 0 Å². The van der Waals surface area contributed by atoms with Crippen molar-refractivity contribution in [3.8, 4) is 0 Å². The van der Waals surface area contributed by atoms with Crippen molar-refractivity contribution in [1.82, 2.24) is 0 Å². The molecule has 0 bridgehead atoms. The van der Waals surface area contributed by atoms with Gasteiger partial charge >= 0.3 is 0 Å². The van der Waals surface area contributed by atoms with Crippen LogP contribution in [0.5, 0.6) is 0 Å². The van der Waals surface area contributed by atoms with Gasteiger partial charge in [-0.1, -0.05) is 27.7 Å². The third-order valence-electron chi connectivity index (χ3n) is 2.35. The standard InChI is InChI=1S/C7H18N2/c1-5(2)7(3,4)6(8)9/h5-6H,8-9H2,1-4H3. The van der Waals surface area contributed by atoms with Gasteiger partial charge in [0.15, 0.2) is 0 Å². The molecule has 0 saturated heterocycles. The summed E-state index contributed by atoms with van der Waals surface area (Å²) in [7, 11) is 0. The maximum Gasteiger partial charge on any atom is 0.0576 e. The fourth-order valence-corrected chi connectivity index (χ4v) is 0.385. The third kappa shape index (κ3) is 1.95. The van der Waals surface area contributed by atoms with Crippen molar-refractivity contribution >= 4 is 0 Å². The van der Waals surface area contributed by atoms with Gasteiger partial charge in [0.25, 0.3) is 0 Å². The molecule has 0 heterocycles. The molecule has 9 heavy (non-hydrogen) atoms. The summed E-state index contributed by atoms with van der Waals surface area (Å²) in [4.78, 5) is 0. The highest BCUT2D eigenvalue weighted by atomic mass is 14.9. The van der Waals surface area contributed by atoms with Gasteiger partial charge in [0.2, 0.25) is 0 Å². The Bertz CT molecular complexity index is 74.9. The number of hydrogen-bond donors (Lipinski definition) is 2. The van der Waals surface area contributed by atoms with E-state index in [0.717, 1.165) is 0 Å². The van der Waals surface area contributed by atoms with Crippen molar-refractivity contribution in [1.29, 1.82) is 0 Å². The Morgan fingerprint density at radius 2 is 1.44 bits per heavy atom. The molecule has 0 saturated carbocycles. The minimum absolute atomic E-state index is 0.0556. The lowest BCUT2D eigenvalue weighted by molar-refractivity contribution is 0.198. The van der Waals surface area contributed by atoms with Gasteiger partial charge < -0.3 is 11.5 Å². The van der Waals surface area contributed by atoms with Gasteiger partial charge in [0.1, 0.15) is 0 Å². The van der Waals surface area contributed by atoms with Gasteiger partial charge in [-0.3, -0.25) is 0 Å². The lowest BCUT2D eigenvalue weighted by Crippen LogP contribution is -2.47. The van der Waals surface area contributed by atoms with Gasteiger partial charge in [-0.15, -0.1) is 0 Å². The summed E-state index contributed by atoms with van der Waals surface area (Å²) in [5, 5.41) is 0. The first-order valence-electron chi connectivity index (χ1n) is 3.40. The second-order valence-corrected chi connectivity index (χ2v) is 3.50. The van der Waals surface area contributed by atoms with Crippen LogP contribution in [0.15, 0.2) is 0 Å². The Hall–Kier alpha value is -0.0800. The maximum atomic E-state index is 5.55. The van der Waals surface area contributed by atoms with Crippen molar-refractivity contribution in [3.05, 3.63) is 0 Å². The van der Waals surface area contributed by atoms with E-state index < -0.39 is 0 Å². The molecule has 0 aliphatic heterocycles. The zero-order valence-electron chi connectivity index (χ0n) is 6.81. The van der Waals surface area contributed by atoms with Crippen LogP contribution in [0.1, 0.15) is 27.7 Å². The van der Waals surface area contributed by atoms with Crippen LogP contribution >= 0.6 is 0 Å². The Morgan fingerprint density at radius 3 is 1.44 bits per heavy atom. The van der Waals surface area contributed by atoms with Gasteiger partial charge in [0.05, 0.1) is 6.17 Å². The summed E-state index contributed by atoms with van der Waals surface area (Å²) in [6.07, 6.45) is -0.211. The van der Waals surface area contributed by atoms with E-state index >= 15 is 0 Å². The Morgan fingerprint density at radius 1 is 1.11 bits per heavy atom. The number of rotatable bonds is 2. The summed E-state index contributed by atoms with van der Waals surface area (Å²) in [5.74, 6) is 0.539. The molecule has 0 aliphatic rings. The summed E-state index contributed by atoms with van der Waals surface area (Å²) in [6, 6.07) is 0. The van der Waals surface area contributed by atoms with Crippen molar-refractivity contribution < 1.29 is 0 Å². The normalized spacial score (nSPS) is 13.3. The molecule has 0 fully saturated rings. The first kappa shape index (κ1) is 8.92. The summed E-state index contributed by atoms with van der Waals surface area (Å²) in [6.45, 7) is 8.43. The fraction of sp³-hybridized carbons (Fsp3) is 1.00. The molecule has 2 heteroatoms. The Kier molecular flexibility index (Phi) is 2.65. The maximum absolute atomic E-state index is 5.55. The van der Waals surface area contributed by atoms with Gasteiger partial charge in [0, 0.05) is 0 Å². The van der Waals surface area contributed by atoms with Gasteiger partial charge in [-0.2, -0.15) is 0 Å². The molecule has 0 rings (SSSR count). The monoisotopic (exact) mass is 130 g/mol. The first-order valence-corrected chi connectivity index (χ1v) is 3.40. The van der Waals surface area contributed by atoms with Gasteiger partial charge in [-0.25, -0.2) is 0 Å². The molecule has 4 N–H and O–H groups in total. The molecular formula is C7H18N2. The molecule has 56 valence electrons. The molecule has 0 radical (unpaired) electrons. The fourth-order valence-electron chi connectivity index (χ4n) is 0.385.